The number of nitrogens with zero attached hydrogens (tertiary/aromatic N) is 3. The van der Waals surface area contributed by atoms with Gasteiger partial charge < -0.3 is 9.15 Å². The van der Waals surface area contributed by atoms with E-state index in [0.29, 0.717) is 22.3 Å². The summed E-state index contributed by atoms with van der Waals surface area (Å²) >= 11 is 4.86. The van der Waals surface area contributed by atoms with Crippen molar-refractivity contribution >= 4 is 18.1 Å². The maximum Gasteiger partial charge on any atom is 0.343 e. The first kappa shape index (κ1) is 10.0. The number of aromatic nitrogens is 4. The van der Waals surface area contributed by atoms with E-state index in [-0.39, 0.29) is 0 Å². The minimum absolute atomic E-state index is 0.330. The number of fused-ring (bicyclic) bond motifs is 1. The summed E-state index contributed by atoms with van der Waals surface area (Å²) in [6, 6.07) is 7.46. The molecule has 0 radical (unpaired) electrons. The largest absolute Gasteiger partial charge is 0.496 e. The van der Waals surface area contributed by atoms with Gasteiger partial charge in [0.15, 0.2) is 0 Å². The van der Waals surface area contributed by atoms with Crippen LogP contribution in [-0.4, -0.2) is 26.9 Å². The van der Waals surface area contributed by atoms with E-state index in [0.717, 1.165) is 5.56 Å². The van der Waals surface area contributed by atoms with Gasteiger partial charge in [-0.15, -0.1) is 9.73 Å². The normalized spacial score (nSPS) is 10.9. The van der Waals surface area contributed by atoms with E-state index in [4.69, 9.17) is 21.4 Å². The molecule has 86 valence electrons. The molecule has 0 aliphatic carbocycles. The molecule has 17 heavy (non-hydrogen) atoms. The van der Waals surface area contributed by atoms with Gasteiger partial charge >= 0.3 is 5.84 Å². The van der Waals surface area contributed by atoms with Gasteiger partial charge in [0.1, 0.15) is 5.75 Å². The highest BCUT2D eigenvalue weighted by atomic mass is 32.1. The summed E-state index contributed by atoms with van der Waals surface area (Å²) in [7, 11) is 1.60. The van der Waals surface area contributed by atoms with Crippen molar-refractivity contribution < 1.29 is 9.15 Å². The van der Waals surface area contributed by atoms with Gasteiger partial charge in [0.05, 0.1) is 12.7 Å². The molecular weight excluding hydrogens is 240 g/mol. The van der Waals surface area contributed by atoms with Gasteiger partial charge in [-0.05, 0) is 24.4 Å². The van der Waals surface area contributed by atoms with E-state index < -0.39 is 0 Å². The Balaban J connectivity index is 2.19. The molecular formula is C10H8N4O2S. The van der Waals surface area contributed by atoms with Crippen LogP contribution in [-0.2, 0) is 0 Å². The number of para-hydroxylation sites is 1. The van der Waals surface area contributed by atoms with E-state index in [1.165, 1.54) is 4.63 Å². The highest BCUT2D eigenvalue weighted by molar-refractivity contribution is 7.71. The van der Waals surface area contributed by atoms with Gasteiger partial charge in [0.25, 0.3) is 5.89 Å². The Hall–Kier alpha value is -2.15. The van der Waals surface area contributed by atoms with Crippen LogP contribution in [0.4, 0.5) is 0 Å². The Morgan fingerprint density at radius 1 is 1.41 bits per heavy atom. The van der Waals surface area contributed by atoms with Gasteiger partial charge in [0, 0.05) is 0 Å². The second-order valence-electron chi connectivity index (χ2n) is 3.33. The molecule has 3 rings (SSSR count). The SMILES string of the molecule is COc1ccccc1-c1nn2[nH]c(=S)nc2o1. The molecule has 0 aliphatic rings. The predicted octanol–water partition coefficient (Wildman–Crippen LogP) is 2.06. The third kappa shape index (κ3) is 1.60. The zero-order chi connectivity index (χ0) is 11.8. The molecule has 0 aliphatic heterocycles. The van der Waals surface area contributed by atoms with Crippen LogP contribution >= 0.6 is 12.2 Å². The van der Waals surface area contributed by atoms with E-state index in [2.05, 4.69) is 15.2 Å². The quantitative estimate of drug-likeness (QED) is 0.703. The monoisotopic (exact) mass is 248 g/mol. The minimum atomic E-state index is 0.330. The number of nitrogens with one attached hydrogen (secondary N) is 1. The molecule has 0 saturated carbocycles. The lowest BCUT2D eigenvalue weighted by Gasteiger charge is -2.02. The van der Waals surface area contributed by atoms with E-state index in [1.807, 2.05) is 24.3 Å². The molecule has 2 aromatic heterocycles. The molecule has 0 saturated heterocycles. The van der Waals surface area contributed by atoms with Crippen molar-refractivity contribution in [1.29, 1.82) is 0 Å². The number of methoxy groups -OCH3 is 1. The van der Waals surface area contributed by atoms with Gasteiger partial charge in [-0.3, -0.25) is 0 Å². The van der Waals surface area contributed by atoms with E-state index in [9.17, 15) is 0 Å². The summed E-state index contributed by atoms with van der Waals surface area (Å²) in [5.74, 6) is 1.45. The summed E-state index contributed by atoms with van der Waals surface area (Å²) in [4.78, 5) is 3.97. The van der Waals surface area contributed by atoms with Crippen LogP contribution in [0.3, 0.4) is 0 Å². The van der Waals surface area contributed by atoms with Crippen LogP contribution in [0.15, 0.2) is 28.7 Å². The lowest BCUT2D eigenvalue weighted by molar-refractivity contribution is 0.414. The number of ether oxygens (including phenoxy) is 1. The van der Waals surface area contributed by atoms with Crippen molar-refractivity contribution in [2.75, 3.05) is 7.11 Å². The summed E-state index contributed by atoms with van der Waals surface area (Å²) in [6.45, 7) is 0. The molecule has 0 bridgehead atoms. The first-order chi connectivity index (χ1) is 8.28. The first-order valence-corrected chi connectivity index (χ1v) is 5.28. The number of H-pyrrole nitrogens is 1. The van der Waals surface area contributed by atoms with Crippen LogP contribution in [0.5, 0.6) is 5.75 Å². The highest BCUT2D eigenvalue weighted by Crippen LogP contribution is 2.28. The first-order valence-electron chi connectivity index (χ1n) is 4.87. The summed E-state index contributed by atoms with van der Waals surface area (Å²) in [5.41, 5.74) is 0.764. The van der Waals surface area contributed by atoms with Crippen molar-refractivity contribution in [3.8, 4) is 17.2 Å². The number of rotatable bonds is 2. The highest BCUT2D eigenvalue weighted by Gasteiger charge is 2.13. The fraction of sp³-hybridized carbons (Fsp3) is 0.100. The molecule has 0 amide bonds. The van der Waals surface area contributed by atoms with Crippen molar-refractivity contribution in [3.05, 3.63) is 29.0 Å². The molecule has 7 heteroatoms. The standard InChI is InChI=1S/C10H8N4O2S/c1-15-7-5-3-2-4-6(7)8-12-14-10(16-8)11-9(17)13-14/h2-5H,1H3,(H,13,17). The molecule has 6 nitrogen and oxygen atoms in total. The molecule has 0 fully saturated rings. The zero-order valence-electron chi connectivity index (χ0n) is 8.88. The Morgan fingerprint density at radius 3 is 3.00 bits per heavy atom. The zero-order valence-corrected chi connectivity index (χ0v) is 9.69. The Bertz CT molecular complexity index is 693. The van der Waals surface area contributed by atoms with Crippen LogP contribution in [0, 0.1) is 4.77 Å². The van der Waals surface area contributed by atoms with Crippen molar-refractivity contribution in [3.63, 3.8) is 0 Å². The molecule has 1 N–H and O–H groups in total. The number of hydrogen-bond acceptors (Lipinski definition) is 5. The number of aromatic amines is 1. The van der Waals surface area contributed by atoms with Gasteiger partial charge in [-0.2, -0.15) is 4.98 Å². The number of hydrogen-bond donors (Lipinski definition) is 1. The predicted molar refractivity (Wildman–Crippen MR) is 62.4 cm³/mol. The van der Waals surface area contributed by atoms with Crippen LogP contribution in [0.1, 0.15) is 0 Å². The average Bonchev–Trinajstić information content (AvgIpc) is 2.86. The molecule has 2 heterocycles. The van der Waals surface area contributed by atoms with Crippen LogP contribution in [0.2, 0.25) is 0 Å². The van der Waals surface area contributed by atoms with Crippen LogP contribution in [0.25, 0.3) is 17.3 Å². The summed E-state index contributed by atoms with van der Waals surface area (Å²) in [5, 5.41) is 6.96. The van der Waals surface area contributed by atoms with Gasteiger partial charge in [-0.25, -0.2) is 5.10 Å². The second-order valence-corrected chi connectivity index (χ2v) is 3.72. The Kier molecular flexibility index (Phi) is 2.19. The third-order valence-corrected chi connectivity index (χ3v) is 2.48. The molecule has 1 aromatic carbocycles. The smallest absolute Gasteiger partial charge is 0.343 e. The summed E-state index contributed by atoms with van der Waals surface area (Å²) in [6.07, 6.45) is 0. The fourth-order valence-corrected chi connectivity index (χ4v) is 1.72. The molecule has 0 unspecified atom stereocenters. The maximum atomic E-state index is 5.48. The van der Waals surface area contributed by atoms with Crippen molar-refractivity contribution in [2.45, 2.75) is 0 Å². The number of benzene rings is 1. The average molecular weight is 248 g/mol. The Labute approximate surface area is 101 Å². The molecule has 3 aromatic rings. The lowest BCUT2D eigenvalue weighted by atomic mass is 10.2. The fourth-order valence-electron chi connectivity index (χ4n) is 1.56. The van der Waals surface area contributed by atoms with Crippen molar-refractivity contribution in [1.82, 2.24) is 19.8 Å². The molecule has 0 atom stereocenters. The topological polar surface area (TPSA) is 68.3 Å². The van der Waals surface area contributed by atoms with Crippen LogP contribution < -0.4 is 4.74 Å². The maximum absolute atomic E-state index is 5.48. The Morgan fingerprint density at radius 2 is 2.24 bits per heavy atom. The lowest BCUT2D eigenvalue weighted by Crippen LogP contribution is -1.90. The molecule has 0 spiro atoms. The summed E-state index contributed by atoms with van der Waals surface area (Å²) < 4.78 is 12.4. The third-order valence-electron chi connectivity index (χ3n) is 2.30. The van der Waals surface area contributed by atoms with Gasteiger partial charge in [0.2, 0.25) is 4.77 Å². The van der Waals surface area contributed by atoms with Crippen molar-refractivity contribution in [2.24, 2.45) is 0 Å². The minimum Gasteiger partial charge on any atom is -0.496 e. The van der Waals surface area contributed by atoms with Gasteiger partial charge in [-0.1, -0.05) is 12.1 Å². The van der Waals surface area contributed by atoms with E-state index >= 15 is 0 Å². The van der Waals surface area contributed by atoms with E-state index in [1.54, 1.807) is 7.11 Å². The second kappa shape index (κ2) is 3.70.